The van der Waals surface area contributed by atoms with Crippen LogP contribution in [0.25, 0.3) is 0 Å². The van der Waals surface area contributed by atoms with Gasteiger partial charge in [-0.25, -0.2) is 8.42 Å². The zero-order valence-electron chi connectivity index (χ0n) is 11.5. The summed E-state index contributed by atoms with van der Waals surface area (Å²) in [7, 11) is -3.36. The van der Waals surface area contributed by atoms with E-state index in [1.54, 1.807) is 12.1 Å². The highest BCUT2D eigenvalue weighted by Gasteiger charge is 2.43. The molecule has 2 aliphatic rings. The Kier molecular flexibility index (Phi) is 3.38. The van der Waals surface area contributed by atoms with E-state index < -0.39 is 21.1 Å². The Morgan fingerprint density at radius 1 is 1.25 bits per heavy atom. The van der Waals surface area contributed by atoms with E-state index in [2.05, 4.69) is 0 Å². The van der Waals surface area contributed by atoms with E-state index in [4.69, 9.17) is 15.2 Å². The second-order valence-electron chi connectivity index (χ2n) is 5.29. The van der Waals surface area contributed by atoms with Crippen molar-refractivity contribution in [3.63, 3.8) is 0 Å². The van der Waals surface area contributed by atoms with Crippen LogP contribution in [0.3, 0.4) is 0 Å². The van der Waals surface area contributed by atoms with E-state index in [1.165, 1.54) is 0 Å². The molecule has 0 spiro atoms. The molecule has 2 N–H and O–H groups in total. The molecule has 0 aliphatic carbocycles. The largest absolute Gasteiger partial charge is 0.490 e. The van der Waals surface area contributed by atoms with Gasteiger partial charge in [-0.1, -0.05) is 13.3 Å². The van der Waals surface area contributed by atoms with Crippen LogP contribution in [-0.4, -0.2) is 26.9 Å². The molecule has 5 nitrogen and oxygen atoms in total. The van der Waals surface area contributed by atoms with Crippen LogP contribution in [0.15, 0.2) is 17.0 Å². The molecule has 2 aliphatic heterocycles. The molecule has 2 atom stereocenters. The quantitative estimate of drug-likeness (QED) is 0.900. The molecule has 3 rings (SSSR count). The van der Waals surface area contributed by atoms with Gasteiger partial charge >= 0.3 is 0 Å². The maximum Gasteiger partial charge on any atom is 0.183 e. The molecule has 20 heavy (non-hydrogen) atoms. The van der Waals surface area contributed by atoms with Gasteiger partial charge < -0.3 is 15.2 Å². The van der Waals surface area contributed by atoms with Gasteiger partial charge in [0.15, 0.2) is 21.3 Å². The summed E-state index contributed by atoms with van der Waals surface area (Å²) < 4.78 is 36.3. The molecule has 0 saturated carbocycles. The molecule has 0 saturated heterocycles. The summed E-state index contributed by atoms with van der Waals surface area (Å²) >= 11 is 0. The van der Waals surface area contributed by atoms with Crippen molar-refractivity contribution in [3.8, 4) is 11.5 Å². The lowest BCUT2D eigenvalue weighted by Crippen LogP contribution is -2.26. The van der Waals surface area contributed by atoms with Crippen molar-refractivity contribution in [2.45, 2.75) is 42.4 Å². The Bertz CT molecular complexity index is 626. The Morgan fingerprint density at radius 2 is 1.90 bits per heavy atom. The Labute approximate surface area is 119 Å². The van der Waals surface area contributed by atoms with Crippen molar-refractivity contribution < 1.29 is 17.9 Å². The summed E-state index contributed by atoms with van der Waals surface area (Å²) in [5.74, 6) is 1.11. The molecule has 2 unspecified atom stereocenters. The summed E-state index contributed by atoms with van der Waals surface area (Å²) in [6.45, 7) is 3.08. The average Bonchev–Trinajstić information content (AvgIpc) is 2.62. The maximum absolute atomic E-state index is 12.6. The fourth-order valence-corrected chi connectivity index (χ4v) is 5.09. The second kappa shape index (κ2) is 4.93. The highest BCUT2D eigenvalue weighted by Crippen LogP contribution is 2.45. The number of sulfone groups is 1. The lowest BCUT2D eigenvalue weighted by molar-refractivity contribution is 0.296. The predicted octanol–water partition coefficient (Wildman–Crippen LogP) is 1.80. The normalized spacial score (nSPS) is 26.9. The van der Waals surface area contributed by atoms with Gasteiger partial charge in [0.1, 0.15) is 0 Å². The average molecular weight is 297 g/mol. The third-order valence-corrected chi connectivity index (χ3v) is 6.21. The number of hydrogen-bond donors (Lipinski definition) is 1. The van der Waals surface area contributed by atoms with Gasteiger partial charge in [0.05, 0.1) is 23.4 Å². The van der Waals surface area contributed by atoms with Gasteiger partial charge in [-0.15, -0.1) is 0 Å². The smallest absolute Gasteiger partial charge is 0.183 e. The third-order valence-electron chi connectivity index (χ3n) is 3.92. The molecule has 0 aromatic heterocycles. The fraction of sp³-hybridized carbons (Fsp3) is 0.571. The summed E-state index contributed by atoms with van der Waals surface area (Å²) in [5, 5.41) is -0.534. The first kappa shape index (κ1) is 13.7. The first-order chi connectivity index (χ1) is 9.55. The van der Waals surface area contributed by atoms with Crippen LogP contribution in [0, 0.1) is 0 Å². The number of benzene rings is 1. The van der Waals surface area contributed by atoms with E-state index >= 15 is 0 Å². The number of fused-ring (bicyclic) bond motifs is 2. The van der Waals surface area contributed by atoms with Crippen molar-refractivity contribution in [1.29, 1.82) is 0 Å². The van der Waals surface area contributed by atoms with E-state index in [0.717, 1.165) is 12.8 Å². The number of ether oxygens (including phenoxy) is 2. The Balaban J connectivity index is 2.12. The van der Waals surface area contributed by atoms with Gasteiger partial charge in [0.25, 0.3) is 0 Å². The van der Waals surface area contributed by atoms with Crippen LogP contribution in [-0.2, 0) is 9.84 Å². The molecule has 0 amide bonds. The lowest BCUT2D eigenvalue weighted by atomic mass is 10.0. The Morgan fingerprint density at radius 3 is 2.55 bits per heavy atom. The molecular weight excluding hydrogens is 278 g/mol. The summed E-state index contributed by atoms with van der Waals surface area (Å²) in [5.41, 5.74) is 6.81. The maximum atomic E-state index is 12.6. The minimum atomic E-state index is -3.36. The van der Waals surface area contributed by atoms with Gasteiger partial charge in [-0.2, -0.15) is 0 Å². The van der Waals surface area contributed by atoms with E-state index in [0.29, 0.717) is 41.6 Å². The van der Waals surface area contributed by atoms with Crippen LogP contribution >= 0.6 is 0 Å². The SMILES string of the molecule is CCCC1C(N)c2cc3c(cc2S1(=O)=O)OCCCO3. The zero-order valence-corrected chi connectivity index (χ0v) is 12.3. The highest BCUT2D eigenvalue weighted by molar-refractivity contribution is 7.92. The van der Waals surface area contributed by atoms with Crippen molar-refractivity contribution in [1.82, 2.24) is 0 Å². The first-order valence-corrected chi connectivity index (χ1v) is 8.53. The molecule has 2 heterocycles. The number of nitrogens with two attached hydrogens (primary N) is 1. The van der Waals surface area contributed by atoms with Crippen LogP contribution in [0.2, 0.25) is 0 Å². The molecule has 1 aromatic rings. The summed E-state index contributed by atoms with van der Waals surface area (Å²) in [6.07, 6.45) is 2.15. The predicted molar refractivity (Wildman–Crippen MR) is 74.9 cm³/mol. The molecule has 1 aromatic carbocycles. The monoisotopic (exact) mass is 297 g/mol. The lowest BCUT2D eigenvalue weighted by Gasteiger charge is -2.13. The van der Waals surface area contributed by atoms with Crippen molar-refractivity contribution >= 4 is 9.84 Å². The van der Waals surface area contributed by atoms with Gasteiger partial charge in [-0.05, 0) is 18.1 Å². The van der Waals surface area contributed by atoms with Crippen molar-refractivity contribution in [2.24, 2.45) is 5.73 Å². The van der Waals surface area contributed by atoms with Crippen LogP contribution in [0.1, 0.15) is 37.8 Å². The minimum Gasteiger partial charge on any atom is -0.490 e. The van der Waals surface area contributed by atoms with Gasteiger partial charge in [0, 0.05) is 18.5 Å². The van der Waals surface area contributed by atoms with Crippen LogP contribution in [0.5, 0.6) is 11.5 Å². The summed E-state index contributed by atoms with van der Waals surface area (Å²) in [4.78, 5) is 0.313. The topological polar surface area (TPSA) is 78.6 Å². The van der Waals surface area contributed by atoms with E-state index in [1.807, 2.05) is 6.92 Å². The molecule has 110 valence electrons. The number of hydrogen-bond acceptors (Lipinski definition) is 5. The molecular formula is C14H19NO4S. The van der Waals surface area contributed by atoms with E-state index in [-0.39, 0.29) is 0 Å². The second-order valence-corrected chi connectivity index (χ2v) is 7.42. The first-order valence-electron chi connectivity index (χ1n) is 6.98. The molecule has 0 fully saturated rings. The number of rotatable bonds is 2. The van der Waals surface area contributed by atoms with Crippen LogP contribution < -0.4 is 15.2 Å². The molecule has 0 radical (unpaired) electrons. The van der Waals surface area contributed by atoms with Gasteiger partial charge in [-0.3, -0.25) is 0 Å². The van der Waals surface area contributed by atoms with Crippen molar-refractivity contribution in [2.75, 3.05) is 13.2 Å². The fourth-order valence-electron chi connectivity index (χ4n) is 2.89. The zero-order chi connectivity index (χ0) is 14.3. The third kappa shape index (κ3) is 1.98. The van der Waals surface area contributed by atoms with Gasteiger partial charge in [0.2, 0.25) is 0 Å². The molecule has 6 heteroatoms. The standard InChI is InChI=1S/C14H19NO4S/c1-2-4-12-14(15)9-7-10-11(19-6-3-5-18-10)8-13(9)20(12,16)17/h7-8,12,14H,2-6,15H2,1H3. The van der Waals surface area contributed by atoms with E-state index in [9.17, 15) is 8.42 Å². The highest BCUT2D eigenvalue weighted by atomic mass is 32.2. The van der Waals surface area contributed by atoms with Crippen LogP contribution in [0.4, 0.5) is 0 Å². The van der Waals surface area contributed by atoms with Crippen molar-refractivity contribution in [3.05, 3.63) is 17.7 Å². The Hall–Kier alpha value is -1.27. The molecule has 0 bridgehead atoms. The minimum absolute atomic E-state index is 0.313. The summed E-state index contributed by atoms with van der Waals surface area (Å²) in [6, 6.07) is 2.85.